The first-order valence-corrected chi connectivity index (χ1v) is 8.17. The number of fused-ring (bicyclic) bond motifs is 1. The molecule has 5 nitrogen and oxygen atoms in total. The molecule has 25 heavy (non-hydrogen) atoms. The third-order valence-electron chi connectivity index (χ3n) is 5.35. The maximum atomic E-state index is 14.4. The van der Waals surface area contributed by atoms with Gasteiger partial charge in [0, 0.05) is 11.9 Å². The number of anilines is 1. The third kappa shape index (κ3) is 2.03. The van der Waals surface area contributed by atoms with Crippen LogP contribution < -0.4 is 10.0 Å². The van der Waals surface area contributed by atoms with Crippen molar-refractivity contribution in [2.45, 2.75) is 31.1 Å². The van der Waals surface area contributed by atoms with Gasteiger partial charge in [-0.1, -0.05) is 29.9 Å². The highest BCUT2D eigenvalue weighted by atomic mass is 19.1. The molecule has 0 saturated carbocycles. The smallest absolute Gasteiger partial charge is 0.234 e. The van der Waals surface area contributed by atoms with Crippen LogP contribution in [0.5, 0.6) is 0 Å². The number of hydrogen-bond donors (Lipinski definition) is 0. The summed E-state index contributed by atoms with van der Waals surface area (Å²) in [7, 11) is 0. The molecular formula is C19H17FNO4-. The van der Waals surface area contributed by atoms with Gasteiger partial charge in [0.25, 0.3) is 0 Å². The van der Waals surface area contributed by atoms with Crippen LogP contribution >= 0.6 is 0 Å². The Kier molecular flexibility index (Phi) is 3.37. The molecule has 3 aliphatic heterocycles. The molecule has 5 atom stereocenters. The van der Waals surface area contributed by atoms with Gasteiger partial charge in [0.05, 0.1) is 23.8 Å². The second-order valence-corrected chi connectivity index (χ2v) is 6.95. The van der Waals surface area contributed by atoms with E-state index in [1.807, 2.05) is 6.92 Å². The van der Waals surface area contributed by atoms with Gasteiger partial charge in [-0.05, 0) is 25.5 Å². The highest BCUT2D eigenvalue weighted by Crippen LogP contribution is 2.56. The van der Waals surface area contributed by atoms with Crippen LogP contribution in [0, 0.1) is 17.7 Å². The minimum Gasteiger partial charge on any atom is -0.550 e. The zero-order valence-corrected chi connectivity index (χ0v) is 13.6. The van der Waals surface area contributed by atoms with Gasteiger partial charge in [0.15, 0.2) is 0 Å². The molecule has 0 aromatic heterocycles. The average molecular weight is 342 g/mol. The van der Waals surface area contributed by atoms with Crippen molar-refractivity contribution in [2.75, 3.05) is 4.90 Å². The van der Waals surface area contributed by atoms with E-state index in [0.29, 0.717) is 6.42 Å². The van der Waals surface area contributed by atoms with Gasteiger partial charge in [-0.15, -0.1) is 6.58 Å². The molecule has 2 saturated heterocycles. The Morgan fingerprint density at radius 1 is 1.44 bits per heavy atom. The first-order chi connectivity index (χ1) is 11.9. The van der Waals surface area contributed by atoms with Gasteiger partial charge in [-0.25, -0.2) is 4.39 Å². The number of rotatable bonds is 4. The van der Waals surface area contributed by atoms with E-state index in [1.165, 1.54) is 23.1 Å². The van der Waals surface area contributed by atoms with E-state index in [1.54, 1.807) is 18.2 Å². The fourth-order valence-electron chi connectivity index (χ4n) is 4.43. The lowest BCUT2D eigenvalue weighted by Gasteiger charge is -2.33. The molecule has 0 aliphatic carbocycles. The van der Waals surface area contributed by atoms with Crippen LogP contribution in [0.1, 0.15) is 13.3 Å². The summed E-state index contributed by atoms with van der Waals surface area (Å²) in [6.07, 6.45) is 3.12. The Labute approximate surface area is 144 Å². The van der Waals surface area contributed by atoms with Gasteiger partial charge in [-0.3, -0.25) is 4.79 Å². The summed E-state index contributed by atoms with van der Waals surface area (Å²) in [5.41, 5.74) is -0.167. The highest BCUT2D eigenvalue weighted by molar-refractivity contribution is 6.03. The molecule has 6 heteroatoms. The molecule has 0 unspecified atom stereocenters. The molecule has 4 rings (SSSR count). The molecule has 1 aromatic rings. The van der Waals surface area contributed by atoms with Crippen molar-refractivity contribution in [3.05, 3.63) is 54.4 Å². The Morgan fingerprint density at radius 3 is 2.80 bits per heavy atom. The van der Waals surface area contributed by atoms with Gasteiger partial charge in [0.1, 0.15) is 11.4 Å². The molecule has 0 N–H and O–H groups in total. The minimum atomic E-state index is -1.32. The largest absolute Gasteiger partial charge is 0.550 e. The number of amides is 1. The molecule has 130 valence electrons. The average Bonchev–Trinajstić information content (AvgIpc) is 3.18. The van der Waals surface area contributed by atoms with Gasteiger partial charge >= 0.3 is 0 Å². The molecule has 1 aromatic carbocycles. The van der Waals surface area contributed by atoms with E-state index in [0.717, 1.165) is 5.57 Å². The molecular weight excluding hydrogens is 325 g/mol. The Morgan fingerprint density at radius 2 is 2.16 bits per heavy atom. The van der Waals surface area contributed by atoms with Crippen LogP contribution in [0.3, 0.4) is 0 Å². The quantitative estimate of drug-likeness (QED) is 0.771. The van der Waals surface area contributed by atoms with Crippen LogP contribution in [0.15, 0.2) is 48.6 Å². The topological polar surface area (TPSA) is 69.7 Å². The standard InChI is InChI=1S/C19H18FNO4/c1-10(2)9-14-19-8-7-13(25-19)15(18(23)24)16(19)17(22)21(14)12-6-4-3-5-11(12)20/h3-8,13-16H,1,9H2,2H3,(H,23,24)/p-1/t13-,14+,15-,16-,19-/m1/s1. The van der Waals surface area contributed by atoms with Crippen LogP contribution in [0.25, 0.3) is 0 Å². The van der Waals surface area contributed by atoms with Crippen molar-refractivity contribution in [1.29, 1.82) is 0 Å². The van der Waals surface area contributed by atoms with Crippen molar-refractivity contribution in [3.8, 4) is 0 Å². The fourth-order valence-corrected chi connectivity index (χ4v) is 4.43. The molecule has 3 aliphatic rings. The molecule has 2 bridgehead atoms. The molecule has 3 heterocycles. The number of carbonyl (C=O) groups is 2. The monoisotopic (exact) mass is 342 g/mol. The number of carbonyl (C=O) groups excluding carboxylic acids is 2. The summed E-state index contributed by atoms with van der Waals surface area (Å²) in [6, 6.07) is 5.42. The number of hydrogen-bond acceptors (Lipinski definition) is 4. The van der Waals surface area contributed by atoms with E-state index in [-0.39, 0.29) is 5.69 Å². The fraction of sp³-hybridized carbons (Fsp3) is 0.368. The number of benzene rings is 1. The predicted octanol–water partition coefficient (Wildman–Crippen LogP) is 1.20. The number of ether oxygens (including phenoxy) is 1. The van der Waals surface area contributed by atoms with Gasteiger partial charge < -0.3 is 19.5 Å². The Balaban J connectivity index is 1.87. The summed E-state index contributed by atoms with van der Waals surface area (Å²) >= 11 is 0. The number of nitrogens with zero attached hydrogens (tertiary/aromatic N) is 1. The molecule has 2 fully saturated rings. The first-order valence-electron chi connectivity index (χ1n) is 8.17. The highest BCUT2D eigenvalue weighted by Gasteiger charge is 2.70. The van der Waals surface area contributed by atoms with Crippen molar-refractivity contribution < 1.29 is 23.8 Å². The third-order valence-corrected chi connectivity index (χ3v) is 5.35. The van der Waals surface area contributed by atoms with Gasteiger partial charge in [-0.2, -0.15) is 0 Å². The second kappa shape index (κ2) is 5.26. The Bertz CT molecular complexity index is 819. The number of halogens is 1. The second-order valence-electron chi connectivity index (χ2n) is 6.95. The molecule has 1 spiro atoms. The van der Waals surface area contributed by atoms with E-state index in [4.69, 9.17) is 4.74 Å². The summed E-state index contributed by atoms with van der Waals surface area (Å²) in [5.74, 6) is -4.29. The van der Waals surface area contributed by atoms with Crippen LogP contribution in [-0.2, 0) is 14.3 Å². The minimum absolute atomic E-state index is 0.125. The van der Waals surface area contributed by atoms with Crippen molar-refractivity contribution in [1.82, 2.24) is 0 Å². The number of para-hydroxylation sites is 1. The predicted molar refractivity (Wildman–Crippen MR) is 85.8 cm³/mol. The van der Waals surface area contributed by atoms with Crippen molar-refractivity contribution in [2.24, 2.45) is 11.8 Å². The molecule has 1 amide bonds. The zero-order valence-electron chi connectivity index (χ0n) is 13.6. The number of carboxylic acid groups (broad SMARTS) is 1. The lowest BCUT2D eigenvalue weighted by atomic mass is 9.74. The summed E-state index contributed by atoms with van der Waals surface area (Å²) in [4.78, 5) is 26.1. The lowest BCUT2D eigenvalue weighted by molar-refractivity contribution is -0.313. The first kappa shape index (κ1) is 16.0. The van der Waals surface area contributed by atoms with Crippen LogP contribution in [-0.4, -0.2) is 29.6 Å². The maximum absolute atomic E-state index is 14.4. The zero-order chi connectivity index (χ0) is 17.9. The maximum Gasteiger partial charge on any atom is 0.234 e. The molecule has 0 radical (unpaired) electrons. The summed E-state index contributed by atoms with van der Waals surface area (Å²) < 4.78 is 20.4. The van der Waals surface area contributed by atoms with E-state index < -0.39 is 47.3 Å². The number of carboxylic acids is 1. The summed E-state index contributed by atoms with van der Waals surface area (Å²) in [6.45, 7) is 5.72. The van der Waals surface area contributed by atoms with Crippen molar-refractivity contribution >= 4 is 17.6 Å². The summed E-state index contributed by atoms with van der Waals surface area (Å²) in [5, 5.41) is 11.6. The number of aliphatic carboxylic acids is 1. The van der Waals surface area contributed by atoms with E-state index >= 15 is 0 Å². The van der Waals surface area contributed by atoms with Crippen LogP contribution in [0.4, 0.5) is 10.1 Å². The van der Waals surface area contributed by atoms with E-state index in [9.17, 15) is 19.1 Å². The lowest BCUT2D eigenvalue weighted by Crippen LogP contribution is -2.46. The van der Waals surface area contributed by atoms with Crippen LogP contribution in [0.2, 0.25) is 0 Å². The SMILES string of the molecule is C=C(C)C[C@@H]1N(c2ccccc2F)C(=O)[C@H]2[C@H](C(=O)[O-])[C@H]3C=C[C@@]12O3. The Hall–Kier alpha value is -2.47. The van der Waals surface area contributed by atoms with E-state index in [2.05, 4.69) is 6.58 Å². The van der Waals surface area contributed by atoms with Crippen molar-refractivity contribution in [3.63, 3.8) is 0 Å². The van der Waals surface area contributed by atoms with Gasteiger partial charge in [0.2, 0.25) is 5.91 Å². The normalized spacial score (nSPS) is 35.3.